The highest BCUT2D eigenvalue weighted by Gasteiger charge is 2.28. The molecule has 0 fully saturated rings. The molecule has 0 saturated carbocycles. The Bertz CT molecular complexity index is 162. The molecule has 0 atom stereocenters. The Morgan fingerprint density at radius 1 is 0.647 bits per heavy atom. The first-order chi connectivity index (χ1) is 7.83. The molecule has 0 unspecified atom stereocenters. The summed E-state index contributed by atoms with van der Waals surface area (Å²) in [5, 5.41) is 0. The largest absolute Gasteiger partial charge is 0.149 e. The lowest BCUT2D eigenvalue weighted by atomic mass is 10.0. The van der Waals surface area contributed by atoms with Crippen molar-refractivity contribution in [2.24, 2.45) is 0 Å². The molecular formula is C16H34S. The second-order valence-corrected chi connectivity index (χ2v) is 8.95. The van der Waals surface area contributed by atoms with Gasteiger partial charge in [-0.2, -0.15) is 0 Å². The third-order valence-electron chi connectivity index (χ3n) is 3.32. The van der Waals surface area contributed by atoms with Crippen LogP contribution in [0.2, 0.25) is 0 Å². The van der Waals surface area contributed by atoms with E-state index >= 15 is 0 Å². The molecule has 0 saturated heterocycles. The normalized spacial score (nSPS) is 13.1. The quantitative estimate of drug-likeness (QED) is 0.406. The van der Waals surface area contributed by atoms with Gasteiger partial charge in [-0.15, -0.1) is 11.8 Å². The highest BCUT2D eigenvalue weighted by Crippen LogP contribution is 2.42. The Balaban J connectivity index is 3.99. The summed E-state index contributed by atoms with van der Waals surface area (Å²) >= 11 is 2.21. The lowest BCUT2D eigenvalue weighted by Crippen LogP contribution is -2.26. The molecule has 1 heteroatoms. The van der Waals surface area contributed by atoms with Crippen molar-refractivity contribution in [2.45, 2.75) is 102 Å². The van der Waals surface area contributed by atoms with Crippen molar-refractivity contribution in [1.29, 1.82) is 0 Å². The Hall–Kier alpha value is 0.350. The van der Waals surface area contributed by atoms with Crippen LogP contribution in [0.5, 0.6) is 0 Å². The third kappa shape index (κ3) is 10.00. The molecule has 0 heterocycles. The van der Waals surface area contributed by atoms with Gasteiger partial charge in [-0.1, -0.05) is 80.1 Å². The summed E-state index contributed by atoms with van der Waals surface area (Å²) < 4.78 is 0.899. The summed E-state index contributed by atoms with van der Waals surface area (Å²) in [6, 6.07) is 0. The van der Waals surface area contributed by atoms with Crippen LogP contribution in [0.3, 0.4) is 0 Å². The summed E-state index contributed by atoms with van der Waals surface area (Å²) in [6.45, 7) is 14.3. The van der Waals surface area contributed by atoms with E-state index in [4.69, 9.17) is 0 Å². The molecule has 0 rings (SSSR count). The standard InChI is InChI=1S/C16H34S/c1-7-9-11-13-15(3,4)17-16(5,6)14-12-10-8-2/h7-14H2,1-6H3. The number of thioether (sulfide) groups is 1. The maximum atomic E-state index is 2.43. The topological polar surface area (TPSA) is 0 Å². The van der Waals surface area contributed by atoms with Gasteiger partial charge in [-0.05, 0) is 12.8 Å². The number of unbranched alkanes of at least 4 members (excludes halogenated alkanes) is 4. The molecule has 0 aromatic rings. The van der Waals surface area contributed by atoms with Crippen molar-refractivity contribution in [3.8, 4) is 0 Å². The van der Waals surface area contributed by atoms with E-state index < -0.39 is 0 Å². The first-order valence-corrected chi connectivity index (χ1v) is 8.35. The van der Waals surface area contributed by atoms with E-state index in [0.29, 0.717) is 9.49 Å². The van der Waals surface area contributed by atoms with E-state index in [0.717, 1.165) is 0 Å². The van der Waals surface area contributed by atoms with E-state index in [-0.39, 0.29) is 0 Å². The maximum absolute atomic E-state index is 2.43. The monoisotopic (exact) mass is 258 g/mol. The Labute approximate surface area is 114 Å². The number of hydrogen-bond acceptors (Lipinski definition) is 1. The van der Waals surface area contributed by atoms with Crippen LogP contribution in [0.4, 0.5) is 0 Å². The zero-order valence-electron chi connectivity index (χ0n) is 13.1. The van der Waals surface area contributed by atoms with Crippen molar-refractivity contribution in [1.82, 2.24) is 0 Å². The number of rotatable bonds is 10. The molecular weight excluding hydrogens is 224 g/mol. The van der Waals surface area contributed by atoms with Crippen LogP contribution < -0.4 is 0 Å². The van der Waals surface area contributed by atoms with Gasteiger partial charge in [-0.3, -0.25) is 0 Å². The molecule has 0 aromatic heterocycles. The van der Waals surface area contributed by atoms with Crippen molar-refractivity contribution in [2.75, 3.05) is 0 Å². The molecule has 0 amide bonds. The molecule has 0 nitrogen and oxygen atoms in total. The Morgan fingerprint density at radius 3 is 1.29 bits per heavy atom. The third-order valence-corrected chi connectivity index (χ3v) is 4.83. The second kappa shape index (κ2) is 8.45. The highest BCUT2D eigenvalue weighted by atomic mass is 32.2. The average Bonchev–Trinajstić information content (AvgIpc) is 2.16. The molecule has 0 aliphatic heterocycles. The minimum Gasteiger partial charge on any atom is -0.149 e. The van der Waals surface area contributed by atoms with Gasteiger partial charge >= 0.3 is 0 Å². The van der Waals surface area contributed by atoms with Gasteiger partial charge in [0, 0.05) is 9.49 Å². The van der Waals surface area contributed by atoms with E-state index in [1.807, 2.05) is 0 Å². The van der Waals surface area contributed by atoms with Gasteiger partial charge in [0.15, 0.2) is 0 Å². The van der Waals surface area contributed by atoms with Crippen LogP contribution in [0, 0.1) is 0 Å². The van der Waals surface area contributed by atoms with Gasteiger partial charge < -0.3 is 0 Å². The summed E-state index contributed by atoms with van der Waals surface area (Å²) in [4.78, 5) is 0. The average molecular weight is 259 g/mol. The van der Waals surface area contributed by atoms with Gasteiger partial charge in [0.25, 0.3) is 0 Å². The Morgan fingerprint density at radius 2 is 1.00 bits per heavy atom. The highest BCUT2D eigenvalue weighted by molar-refractivity contribution is 8.01. The first-order valence-electron chi connectivity index (χ1n) is 7.53. The van der Waals surface area contributed by atoms with Crippen LogP contribution in [0.15, 0.2) is 0 Å². The van der Waals surface area contributed by atoms with E-state index in [2.05, 4.69) is 53.3 Å². The van der Waals surface area contributed by atoms with Crippen LogP contribution in [0.25, 0.3) is 0 Å². The Kier molecular flexibility index (Phi) is 8.63. The van der Waals surface area contributed by atoms with Gasteiger partial charge in [0.1, 0.15) is 0 Å². The first kappa shape index (κ1) is 17.4. The summed E-state index contributed by atoms with van der Waals surface area (Å²) in [5.74, 6) is 0. The van der Waals surface area contributed by atoms with E-state index in [9.17, 15) is 0 Å². The van der Waals surface area contributed by atoms with Crippen molar-refractivity contribution < 1.29 is 0 Å². The molecule has 0 radical (unpaired) electrons. The summed E-state index contributed by atoms with van der Waals surface area (Å²) in [7, 11) is 0. The van der Waals surface area contributed by atoms with Gasteiger partial charge in [0.05, 0.1) is 0 Å². The predicted octanol–water partition coefficient (Wildman–Crippen LogP) is 6.44. The van der Waals surface area contributed by atoms with Gasteiger partial charge in [0.2, 0.25) is 0 Å². The van der Waals surface area contributed by atoms with E-state index in [1.54, 1.807) is 0 Å². The van der Waals surface area contributed by atoms with Gasteiger partial charge in [-0.25, -0.2) is 0 Å². The van der Waals surface area contributed by atoms with E-state index in [1.165, 1.54) is 51.4 Å². The lowest BCUT2D eigenvalue weighted by Gasteiger charge is -2.35. The summed E-state index contributed by atoms with van der Waals surface area (Å²) in [6.07, 6.45) is 11.0. The minimum atomic E-state index is 0.449. The number of hydrogen-bond donors (Lipinski definition) is 0. The molecule has 0 spiro atoms. The summed E-state index contributed by atoms with van der Waals surface area (Å²) in [5.41, 5.74) is 0. The van der Waals surface area contributed by atoms with Crippen LogP contribution >= 0.6 is 11.8 Å². The lowest BCUT2D eigenvalue weighted by molar-refractivity contribution is 0.539. The molecule has 0 aliphatic carbocycles. The molecule has 0 aromatic carbocycles. The fraction of sp³-hybridized carbons (Fsp3) is 1.00. The predicted molar refractivity (Wildman–Crippen MR) is 84.0 cm³/mol. The SMILES string of the molecule is CCCCCC(C)(C)SC(C)(C)CCCCC. The van der Waals surface area contributed by atoms with Crippen molar-refractivity contribution in [3.05, 3.63) is 0 Å². The second-order valence-electron chi connectivity index (χ2n) is 6.54. The zero-order valence-corrected chi connectivity index (χ0v) is 13.9. The molecule has 17 heavy (non-hydrogen) atoms. The van der Waals surface area contributed by atoms with Crippen molar-refractivity contribution in [3.63, 3.8) is 0 Å². The smallest absolute Gasteiger partial charge is 0.0109 e. The fourth-order valence-corrected chi connectivity index (χ4v) is 4.44. The molecule has 0 bridgehead atoms. The molecule has 104 valence electrons. The van der Waals surface area contributed by atoms with Crippen molar-refractivity contribution >= 4 is 11.8 Å². The fourth-order valence-electron chi connectivity index (χ4n) is 2.45. The van der Waals surface area contributed by atoms with Crippen LogP contribution in [-0.4, -0.2) is 9.49 Å². The molecule has 0 aliphatic rings. The van der Waals surface area contributed by atoms with Crippen LogP contribution in [-0.2, 0) is 0 Å². The molecule has 0 N–H and O–H groups in total. The van der Waals surface area contributed by atoms with Crippen LogP contribution in [0.1, 0.15) is 92.9 Å². The maximum Gasteiger partial charge on any atom is 0.0109 e. The zero-order chi connectivity index (χ0) is 13.4. The minimum absolute atomic E-state index is 0.449.